The van der Waals surface area contributed by atoms with Crippen LogP contribution in [-0.2, 0) is 21.2 Å². The molecule has 2 N–H and O–H groups in total. The van der Waals surface area contributed by atoms with Crippen molar-refractivity contribution in [2.45, 2.75) is 17.4 Å². The topological polar surface area (TPSA) is 105 Å². The van der Waals surface area contributed by atoms with Crippen LogP contribution in [-0.4, -0.2) is 37.7 Å². The minimum absolute atomic E-state index is 0.0602. The van der Waals surface area contributed by atoms with E-state index in [1.807, 2.05) is 54.6 Å². The van der Waals surface area contributed by atoms with E-state index in [4.69, 9.17) is 0 Å². The third kappa shape index (κ3) is 7.32. The van der Waals surface area contributed by atoms with Crippen molar-refractivity contribution >= 4 is 33.9 Å². The summed E-state index contributed by atoms with van der Waals surface area (Å²) in [6.45, 7) is -0.462. The number of carbonyl (C=O) groups excluding carboxylic acids is 2. The van der Waals surface area contributed by atoms with Crippen LogP contribution in [0.15, 0.2) is 114 Å². The maximum Gasteiger partial charge on any atom is 0.252 e. The number of hydrogen-bond acceptors (Lipinski definition) is 5. The van der Waals surface area contributed by atoms with Crippen LogP contribution in [0.25, 0.3) is 12.2 Å². The molecule has 0 unspecified atom stereocenters. The number of carbonyl (C=O) groups is 2. The quantitative estimate of drug-likeness (QED) is 0.306. The molecule has 8 heteroatoms. The van der Waals surface area contributed by atoms with Crippen molar-refractivity contribution in [2.75, 3.05) is 6.54 Å². The number of nitrogens with one attached hydrogen (secondary N) is 2. The molecule has 7 nitrogen and oxygen atoms in total. The van der Waals surface area contributed by atoms with Gasteiger partial charge in [-0.2, -0.15) is 0 Å². The molecule has 192 valence electrons. The Labute approximate surface area is 222 Å². The van der Waals surface area contributed by atoms with Gasteiger partial charge in [0.15, 0.2) is 5.78 Å². The van der Waals surface area contributed by atoms with Gasteiger partial charge in [-0.15, -0.1) is 0 Å². The van der Waals surface area contributed by atoms with Crippen LogP contribution in [0.5, 0.6) is 0 Å². The van der Waals surface area contributed by atoms with Crippen molar-refractivity contribution in [2.24, 2.45) is 0 Å². The summed E-state index contributed by atoms with van der Waals surface area (Å²) in [5, 5.41) is 2.82. The fourth-order valence-electron chi connectivity index (χ4n) is 3.80. The molecule has 3 aromatic carbocycles. The predicted molar refractivity (Wildman–Crippen MR) is 148 cm³/mol. The third-order valence-electron chi connectivity index (χ3n) is 5.79. The third-order valence-corrected chi connectivity index (χ3v) is 7.21. The number of sulfonamides is 1. The average molecular weight is 526 g/mol. The Kier molecular flexibility index (Phi) is 8.92. The Morgan fingerprint density at radius 1 is 0.789 bits per heavy atom. The Hall–Kier alpha value is -4.40. The molecular formula is C30H27N3O4S. The molecule has 0 spiro atoms. The van der Waals surface area contributed by atoms with E-state index in [0.29, 0.717) is 11.1 Å². The minimum atomic E-state index is -3.88. The highest BCUT2D eigenvalue weighted by molar-refractivity contribution is 7.89. The number of amides is 1. The molecule has 0 bridgehead atoms. The monoisotopic (exact) mass is 525 g/mol. The zero-order chi connectivity index (χ0) is 26.8. The van der Waals surface area contributed by atoms with Crippen LogP contribution in [0.4, 0.5) is 0 Å². The highest BCUT2D eigenvalue weighted by atomic mass is 32.2. The molecule has 1 aromatic heterocycles. The van der Waals surface area contributed by atoms with Crippen molar-refractivity contribution in [1.29, 1.82) is 0 Å². The normalized spacial score (nSPS) is 12.2. The maximum atomic E-state index is 13.4. The second-order valence-corrected chi connectivity index (χ2v) is 10.3. The second kappa shape index (κ2) is 12.7. The van der Waals surface area contributed by atoms with E-state index in [1.54, 1.807) is 54.7 Å². The first kappa shape index (κ1) is 26.7. The number of benzene rings is 3. The standard InChI is InChI=1S/C30H27N3O4S/c34-29(22-32-38(36,37)26-15-5-2-6-16-26)28(21-23-11-3-1-4-12-23)33-30(35)27-17-8-7-13-24(27)18-19-25-14-9-10-20-31-25/h1-20,28,32H,21-22H2,(H,33,35)/t28-/m0/s1. The summed E-state index contributed by atoms with van der Waals surface area (Å²) in [5.74, 6) is -0.894. The van der Waals surface area contributed by atoms with E-state index in [1.165, 1.54) is 12.1 Å². The molecule has 1 heterocycles. The first-order valence-corrected chi connectivity index (χ1v) is 13.5. The number of rotatable bonds is 11. The fourth-order valence-corrected chi connectivity index (χ4v) is 4.82. The summed E-state index contributed by atoms with van der Waals surface area (Å²) in [5.41, 5.74) is 2.62. The molecular weight excluding hydrogens is 498 g/mol. The van der Waals surface area contributed by atoms with Crippen LogP contribution in [0.1, 0.15) is 27.2 Å². The molecule has 38 heavy (non-hydrogen) atoms. The van der Waals surface area contributed by atoms with Gasteiger partial charge in [-0.25, -0.2) is 13.1 Å². The zero-order valence-corrected chi connectivity index (χ0v) is 21.3. The van der Waals surface area contributed by atoms with E-state index in [2.05, 4.69) is 15.0 Å². The van der Waals surface area contributed by atoms with E-state index in [-0.39, 0.29) is 11.3 Å². The van der Waals surface area contributed by atoms with Crippen LogP contribution in [0.2, 0.25) is 0 Å². The van der Waals surface area contributed by atoms with E-state index in [0.717, 1.165) is 11.3 Å². The molecule has 4 aromatic rings. The molecule has 0 saturated carbocycles. The minimum Gasteiger partial charge on any atom is -0.342 e. The molecule has 0 aliphatic carbocycles. The Morgan fingerprint density at radius 3 is 2.16 bits per heavy atom. The van der Waals surface area contributed by atoms with Crippen molar-refractivity contribution in [1.82, 2.24) is 15.0 Å². The average Bonchev–Trinajstić information content (AvgIpc) is 2.96. The molecule has 1 amide bonds. The van der Waals surface area contributed by atoms with Crippen molar-refractivity contribution in [3.05, 3.63) is 132 Å². The summed E-state index contributed by atoms with van der Waals surface area (Å²) in [4.78, 5) is 30.9. The fraction of sp³-hybridized carbons (Fsp3) is 0.100. The van der Waals surface area contributed by atoms with Gasteiger partial charge >= 0.3 is 0 Å². The summed E-state index contributed by atoms with van der Waals surface area (Å²) in [6.07, 6.45) is 5.49. The van der Waals surface area contributed by atoms with E-state index in [9.17, 15) is 18.0 Å². The zero-order valence-electron chi connectivity index (χ0n) is 20.5. The lowest BCUT2D eigenvalue weighted by Crippen LogP contribution is -2.46. The summed E-state index contributed by atoms with van der Waals surface area (Å²) >= 11 is 0. The molecule has 0 radical (unpaired) electrons. The van der Waals surface area contributed by atoms with Gasteiger partial charge in [0.2, 0.25) is 10.0 Å². The van der Waals surface area contributed by atoms with Crippen LogP contribution < -0.4 is 10.0 Å². The van der Waals surface area contributed by atoms with Gasteiger partial charge in [-0.1, -0.05) is 78.9 Å². The number of nitrogens with zero attached hydrogens (tertiary/aromatic N) is 1. The van der Waals surface area contributed by atoms with Crippen LogP contribution in [0.3, 0.4) is 0 Å². The first-order valence-electron chi connectivity index (χ1n) is 12.0. The van der Waals surface area contributed by atoms with Gasteiger partial charge in [0.1, 0.15) is 0 Å². The van der Waals surface area contributed by atoms with Crippen molar-refractivity contribution in [3.63, 3.8) is 0 Å². The number of ketones is 1. The second-order valence-electron chi connectivity index (χ2n) is 8.49. The highest BCUT2D eigenvalue weighted by Crippen LogP contribution is 2.14. The molecule has 4 rings (SSSR count). The van der Waals surface area contributed by atoms with E-state index < -0.39 is 34.3 Å². The van der Waals surface area contributed by atoms with Gasteiger partial charge in [0.05, 0.1) is 23.2 Å². The van der Waals surface area contributed by atoms with Crippen molar-refractivity contribution < 1.29 is 18.0 Å². The number of Topliss-reactive ketones (excluding diaryl/α,β-unsaturated/α-hetero) is 1. The Morgan fingerprint density at radius 2 is 1.45 bits per heavy atom. The lowest BCUT2D eigenvalue weighted by Gasteiger charge is -2.19. The SMILES string of the molecule is O=C(N[C@@H](Cc1ccccc1)C(=O)CNS(=O)(=O)c1ccccc1)c1ccccc1C=Cc1ccccn1. The molecule has 0 saturated heterocycles. The Bertz CT molecular complexity index is 1510. The molecule has 0 fully saturated rings. The first-order chi connectivity index (χ1) is 18.4. The highest BCUT2D eigenvalue weighted by Gasteiger charge is 2.24. The lowest BCUT2D eigenvalue weighted by molar-refractivity contribution is -0.119. The van der Waals surface area contributed by atoms with Gasteiger partial charge in [-0.05, 0) is 54.0 Å². The number of aromatic nitrogens is 1. The summed E-state index contributed by atoms with van der Waals surface area (Å²) < 4.78 is 27.6. The van der Waals surface area contributed by atoms with Gasteiger partial charge in [0, 0.05) is 11.8 Å². The summed E-state index contributed by atoms with van der Waals surface area (Å²) in [6, 6.07) is 28.7. The molecule has 0 aliphatic heterocycles. The largest absolute Gasteiger partial charge is 0.342 e. The van der Waals surface area contributed by atoms with Gasteiger partial charge < -0.3 is 5.32 Å². The molecule has 1 atom stereocenters. The maximum absolute atomic E-state index is 13.4. The van der Waals surface area contributed by atoms with Crippen molar-refractivity contribution in [3.8, 4) is 0 Å². The molecule has 0 aliphatic rings. The van der Waals surface area contributed by atoms with Gasteiger partial charge in [-0.3, -0.25) is 14.6 Å². The van der Waals surface area contributed by atoms with Gasteiger partial charge in [0.25, 0.3) is 5.91 Å². The lowest BCUT2D eigenvalue weighted by atomic mass is 10.0. The van der Waals surface area contributed by atoms with E-state index >= 15 is 0 Å². The number of pyridine rings is 1. The predicted octanol–water partition coefficient (Wildman–Crippen LogP) is 4.14. The van der Waals surface area contributed by atoms with Crippen LogP contribution >= 0.6 is 0 Å². The Balaban J connectivity index is 1.53. The smallest absolute Gasteiger partial charge is 0.252 e. The summed E-state index contributed by atoms with van der Waals surface area (Å²) in [7, 11) is -3.88. The van der Waals surface area contributed by atoms with Crippen LogP contribution in [0, 0.1) is 0 Å². The number of hydrogen-bond donors (Lipinski definition) is 2.